The molecule has 0 amide bonds. The molecule has 138 valence electrons. The van der Waals surface area contributed by atoms with Crippen LogP contribution in [0.2, 0.25) is 0 Å². The Morgan fingerprint density at radius 2 is 1.92 bits per heavy atom. The van der Waals surface area contributed by atoms with E-state index in [9.17, 15) is 13.2 Å². The Hall–Kier alpha value is -2.25. The molecule has 2 aromatic rings. The SMILES string of the molecule is N#Cc1ccccc1CSc1nnc(N2CCOCC2)n1CC(F)(F)F. The number of morpholine rings is 1. The number of hydrogen-bond donors (Lipinski definition) is 0. The van der Waals surface area contributed by atoms with Crippen molar-refractivity contribution in [3.8, 4) is 6.07 Å². The van der Waals surface area contributed by atoms with Crippen LogP contribution in [-0.4, -0.2) is 47.2 Å². The highest BCUT2D eigenvalue weighted by Crippen LogP contribution is 2.30. The number of nitriles is 1. The van der Waals surface area contributed by atoms with Crippen molar-refractivity contribution in [1.29, 1.82) is 5.26 Å². The topological polar surface area (TPSA) is 67.0 Å². The molecule has 0 bridgehead atoms. The third-order valence-electron chi connectivity index (χ3n) is 3.82. The van der Waals surface area contributed by atoms with Crippen LogP contribution in [0.5, 0.6) is 0 Å². The summed E-state index contributed by atoms with van der Waals surface area (Å²) in [5, 5.41) is 17.2. The second-order valence-electron chi connectivity index (χ2n) is 5.64. The number of rotatable bonds is 5. The zero-order valence-electron chi connectivity index (χ0n) is 13.7. The van der Waals surface area contributed by atoms with Crippen LogP contribution in [0.3, 0.4) is 0 Å². The maximum Gasteiger partial charge on any atom is 0.406 e. The van der Waals surface area contributed by atoms with Gasteiger partial charge in [-0.15, -0.1) is 10.2 Å². The van der Waals surface area contributed by atoms with Gasteiger partial charge in [-0.25, -0.2) is 0 Å². The lowest BCUT2D eigenvalue weighted by atomic mass is 10.1. The van der Waals surface area contributed by atoms with Crippen LogP contribution in [0, 0.1) is 11.3 Å². The van der Waals surface area contributed by atoms with E-state index in [4.69, 9.17) is 10.00 Å². The van der Waals surface area contributed by atoms with Crippen LogP contribution >= 0.6 is 11.8 Å². The van der Waals surface area contributed by atoms with Crippen molar-refractivity contribution < 1.29 is 17.9 Å². The number of aromatic nitrogens is 3. The monoisotopic (exact) mass is 383 g/mol. The lowest BCUT2D eigenvalue weighted by Gasteiger charge is -2.28. The van der Waals surface area contributed by atoms with Crippen LogP contribution in [0.25, 0.3) is 0 Å². The average molecular weight is 383 g/mol. The van der Waals surface area contributed by atoms with Crippen LogP contribution in [0.15, 0.2) is 29.4 Å². The summed E-state index contributed by atoms with van der Waals surface area (Å²) in [4.78, 5) is 1.75. The van der Waals surface area contributed by atoms with Gasteiger partial charge in [0.15, 0.2) is 5.16 Å². The van der Waals surface area contributed by atoms with E-state index >= 15 is 0 Å². The van der Waals surface area contributed by atoms with Crippen molar-refractivity contribution in [2.24, 2.45) is 0 Å². The highest BCUT2D eigenvalue weighted by molar-refractivity contribution is 7.98. The number of hydrogen-bond acceptors (Lipinski definition) is 6. The number of alkyl halides is 3. The van der Waals surface area contributed by atoms with E-state index in [2.05, 4.69) is 16.3 Å². The van der Waals surface area contributed by atoms with E-state index < -0.39 is 12.7 Å². The first-order valence-corrected chi connectivity index (χ1v) is 8.90. The number of halogens is 3. The molecular formula is C16H16F3N5OS. The fourth-order valence-corrected chi connectivity index (χ4v) is 3.54. The van der Waals surface area contributed by atoms with Gasteiger partial charge in [-0.1, -0.05) is 30.0 Å². The molecule has 0 spiro atoms. The number of thioether (sulfide) groups is 1. The summed E-state index contributed by atoms with van der Waals surface area (Å²) in [6.07, 6.45) is -4.39. The highest BCUT2D eigenvalue weighted by atomic mass is 32.2. The quantitative estimate of drug-likeness (QED) is 0.740. The van der Waals surface area contributed by atoms with Crippen molar-refractivity contribution in [2.45, 2.75) is 23.6 Å². The predicted molar refractivity (Wildman–Crippen MR) is 89.8 cm³/mol. The van der Waals surface area contributed by atoms with Gasteiger partial charge in [-0.2, -0.15) is 18.4 Å². The Morgan fingerprint density at radius 1 is 1.19 bits per heavy atom. The molecule has 0 N–H and O–H groups in total. The maximum atomic E-state index is 13.1. The average Bonchev–Trinajstić information content (AvgIpc) is 3.01. The molecule has 0 aliphatic carbocycles. The normalized spacial score (nSPS) is 15.1. The highest BCUT2D eigenvalue weighted by Gasteiger charge is 2.32. The standard InChI is InChI=1S/C16H16F3N5OS/c17-16(18,19)11-24-14(23-5-7-25-8-6-23)21-22-15(24)26-10-13-4-2-1-3-12(13)9-20/h1-4H,5-8,10-11H2. The van der Waals surface area contributed by atoms with Crippen LogP contribution in [-0.2, 0) is 17.0 Å². The molecule has 1 aliphatic heterocycles. The first-order chi connectivity index (χ1) is 12.5. The van der Waals surface area contributed by atoms with Crippen molar-refractivity contribution in [3.63, 3.8) is 0 Å². The Bertz CT molecular complexity index is 796. The van der Waals surface area contributed by atoms with Crippen LogP contribution in [0.1, 0.15) is 11.1 Å². The number of ether oxygens (including phenoxy) is 1. The van der Waals surface area contributed by atoms with Crippen LogP contribution < -0.4 is 4.90 Å². The van der Waals surface area contributed by atoms with Crippen molar-refractivity contribution in [3.05, 3.63) is 35.4 Å². The number of nitrogens with zero attached hydrogens (tertiary/aromatic N) is 5. The van der Waals surface area contributed by atoms with Gasteiger partial charge >= 0.3 is 6.18 Å². The molecule has 26 heavy (non-hydrogen) atoms. The van der Waals surface area contributed by atoms with Crippen molar-refractivity contribution in [2.75, 3.05) is 31.2 Å². The van der Waals surface area contributed by atoms with E-state index in [0.717, 1.165) is 21.9 Å². The summed E-state index contributed by atoms with van der Waals surface area (Å²) < 4.78 is 45.5. The summed E-state index contributed by atoms with van der Waals surface area (Å²) in [6.45, 7) is 0.665. The first-order valence-electron chi connectivity index (χ1n) is 7.91. The molecule has 1 fully saturated rings. The van der Waals surface area contributed by atoms with Crippen molar-refractivity contribution >= 4 is 17.7 Å². The van der Waals surface area contributed by atoms with Gasteiger partial charge in [-0.05, 0) is 11.6 Å². The fraction of sp³-hybridized carbons (Fsp3) is 0.438. The second-order valence-corrected chi connectivity index (χ2v) is 6.58. The first kappa shape index (κ1) is 18.5. The Balaban J connectivity index is 1.84. The molecule has 0 unspecified atom stereocenters. The summed E-state index contributed by atoms with van der Waals surface area (Å²) >= 11 is 1.14. The minimum absolute atomic E-state index is 0.177. The number of anilines is 1. The smallest absolute Gasteiger partial charge is 0.378 e. The zero-order valence-corrected chi connectivity index (χ0v) is 14.6. The third kappa shape index (κ3) is 4.47. The van der Waals surface area contributed by atoms with Gasteiger partial charge in [0.25, 0.3) is 0 Å². The minimum Gasteiger partial charge on any atom is -0.378 e. The summed E-state index contributed by atoms with van der Waals surface area (Å²) in [5.74, 6) is 0.532. The van der Waals surface area contributed by atoms with E-state index in [1.807, 2.05) is 0 Å². The molecule has 1 aromatic carbocycles. The second kappa shape index (κ2) is 7.97. The molecule has 1 aromatic heterocycles. The van der Waals surface area contributed by atoms with E-state index in [1.165, 1.54) is 0 Å². The molecule has 0 atom stereocenters. The Labute approximate surface area is 152 Å². The van der Waals surface area contributed by atoms with Gasteiger partial charge in [0.1, 0.15) is 6.54 Å². The zero-order chi connectivity index (χ0) is 18.6. The molecule has 10 heteroatoms. The van der Waals surface area contributed by atoms with Crippen LogP contribution in [0.4, 0.5) is 19.1 Å². The summed E-state index contributed by atoms with van der Waals surface area (Å²) in [7, 11) is 0. The fourth-order valence-electron chi connectivity index (χ4n) is 2.60. The molecule has 3 rings (SSSR count). The molecular weight excluding hydrogens is 367 g/mol. The molecule has 2 heterocycles. The van der Waals surface area contributed by atoms with Gasteiger partial charge < -0.3 is 9.64 Å². The summed E-state index contributed by atoms with van der Waals surface area (Å²) in [5.41, 5.74) is 1.24. The van der Waals surface area contributed by atoms with E-state index in [1.54, 1.807) is 29.2 Å². The largest absolute Gasteiger partial charge is 0.406 e. The number of benzene rings is 1. The maximum absolute atomic E-state index is 13.1. The van der Waals surface area contributed by atoms with E-state index in [-0.39, 0.29) is 11.1 Å². The minimum atomic E-state index is -4.39. The van der Waals surface area contributed by atoms with E-state index in [0.29, 0.717) is 37.6 Å². The molecule has 1 aliphatic rings. The lowest BCUT2D eigenvalue weighted by molar-refractivity contribution is -0.141. The molecule has 1 saturated heterocycles. The molecule has 6 nitrogen and oxygen atoms in total. The summed E-state index contributed by atoms with van der Waals surface area (Å²) in [6, 6.07) is 9.07. The predicted octanol–water partition coefficient (Wildman–Crippen LogP) is 2.84. The van der Waals surface area contributed by atoms with Gasteiger partial charge in [0.2, 0.25) is 5.95 Å². The van der Waals surface area contributed by atoms with Gasteiger partial charge in [-0.3, -0.25) is 4.57 Å². The van der Waals surface area contributed by atoms with Gasteiger partial charge in [0.05, 0.1) is 24.8 Å². The van der Waals surface area contributed by atoms with Gasteiger partial charge in [0, 0.05) is 18.8 Å². The molecule has 0 radical (unpaired) electrons. The lowest BCUT2D eigenvalue weighted by Crippen LogP contribution is -2.38. The third-order valence-corrected chi connectivity index (χ3v) is 4.84. The van der Waals surface area contributed by atoms with Crippen molar-refractivity contribution in [1.82, 2.24) is 14.8 Å². The Morgan fingerprint density at radius 3 is 2.62 bits per heavy atom. The Kier molecular flexibility index (Phi) is 5.68. The molecule has 0 saturated carbocycles.